The van der Waals surface area contributed by atoms with Crippen molar-refractivity contribution < 1.29 is 4.43 Å². The van der Waals surface area contributed by atoms with E-state index in [1.807, 2.05) is 24.7 Å². The average Bonchev–Trinajstić information content (AvgIpc) is 3.00. The second-order valence-electron chi connectivity index (χ2n) is 8.44. The summed E-state index contributed by atoms with van der Waals surface area (Å²) in [6.45, 7) is 11.6. The largest absolute Gasteiger partial charge is 0.413 e. The van der Waals surface area contributed by atoms with Crippen molar-refractivity contribution in [2.45, 2.75) is 75.3 Å². The molecule has 0 aliphatic heterocycles. The summed E-state index contributed by atoms with van der Waals surface area (Å²) in [6, 6.07) is 2.00. The third-order valence-electron chi connectivity index (χ3n) is 5.74. The summed E-state index contributed by atoms with van der Waals surface area (Å²) in [7, 11) is -1.79. The molecular formula is C19H29N3OSSi. The Labute approximate surface area is 156 Å². The van der Waals surface area contributed by atoms with E-state index in [1.165, 1.54) is 6.42 Å². The van der Waals surface area contributed by atoms with Crippen LogP contribution in [0.15, 0.2) is 23.6 Å². The average molecular weight is 376 g/mol. The van der Waals surface area contributed by atoms with Crippen molar-refractivity contribution in [3.63, 3.8) is 0 Å². The van der Waals surface area contributed by atoms with Crippen molar-refractivity contribution in [3.8, 4) is 0 Å². The van der Waals surface area contributed by atoms with E-state index in [9.17, 15) is 0 Å². The Hall–Kier alpha value is -0.983. The lowest BCUT2D eigenvalue weighted by Gasteiger charge is -2.39. The van der Waals surface area contributed by atoms with Crippen LogP contribution >= 0.6 is 11.8 Å². The van der Waals surface area contributed by atoms with Crippen LogP contribution in [0.1, 0.15) is 51.6 Å². The van der Waals surface area contributed by atoms with Crippen molar-refractivity contribution in [2.75, 3.05) is 6.26 Å². The molecule has 2 heterocycles. The molecule has 0 spiro atoms. The minimum Gasteiger partial charge on any atom is -0.413 e. The van der Waals surface area contributed by atoms with Gasteiger partial charge in [0.05, 0.1) is 17.3 Å². The fourth-order valence-corrected chi connectivity index (χ4v) is 5.00. The van der Waals surface area contributed by atoms with E-state index in [1.54, 1.807) is 11.8 Å². The van der Waals surface area contributed by atoms with Crippen LogP contribution in [-0.4, -0.2) is 35.6 Å². The molecule has 0 amide bonds. The molecule has 2 atom stereocenters. The zero-order valence-corrected chi connectivity index (χ0v) is 18.0. The Kier molecular flexibility index (Phi) is 5.24. The summed E-state index contributed by atoms with van der Waals surface area (Å²) in [5, 5.41) is 2.10. The molecule has 136 valence electrons. The third-order valence-corrected chi connectivity index (χ3v) is 10.8. The van der Waals surface area contributed by atoms with Crippen LogP contribution in [0, 0.1) is 0 Å². The van der Waals surface area contributed by atoms with Crippen LogP contribution in [0.2, 0.25) is 18.1 Å². The molecule has 1 saturated carbocycles. The molecule has 2 aromatic rings. The number of hydrogen-bond acceptors (Lipinski definition) is 5. The van der Waals surface area contributed by atoms with Crippen molar-refractivity contribution in [1.82, 2.24) is 15.0 Å². The Balaban J connectivity index is 1.96. The van der Waals surface area contributed by atoms with Crippen LogP contribution < -0.4 is 0 Å². The quantitative estimate of drug-likeness (QED) is 0.406. The molecule has 4 nitrogen and oxygen atoms in total. The number of pyridine rings is 1. The first kappa shape index (κ1) is 18.8. The van der Waals surface area contributed by atoms with Crippen LogP contribution in [-0.2, 0) is 4.43 Å². The molecule has 2 aromatic heterocycles. The van der Waals surface area contributed by atoms with Gasteiger partial charge in [-0.2, -0.15) is 0 Å². The highest BCUT2D eigenvalue weighted by Crippen LogP contribution is 2.44. The molecular weight excluding hydrogens is 346 g/mol. The summed E-state index contributed by atoms with van der Waals surface area (Å²) in [5.41, 5.74) is 2.09. The Bertz CT molecular complexity index is 760. The van der Waals surface area contributed by atoms with Gasteiger partial charge in [0.15, 0.2) is 13.5 Å². The van der Waals surface area contributed by atoms with E-state index in [0.29, 0.717) is 5.92 Å². The number of rotatable bonds is 4. The zero-order chi connectivity index (χ0) is 18.2. The fraction of sp³-hybridized carbons (Fsp3) is 0.632. The molecule has 1 aliphatic carbocycles. The van der Waals surface area contributed by atoms with Gasteiger partial charge in [-0.15, -0.1) is 0 Å². The highest BCUT2D eigenvalue weighted by atomic mass is 32.2. The Morgan fingerprint density at radius 2 is 1.96 bits per heavy atom. The van der Waals surface area contributed by atoms with Gasteiger partial charge >= 0.3 is 0 Å². The van der Waals surface area contributed by atoms with Crippen molar-refractivity contribution in [2.24, 2.45) is 0 Å². The minimum absolute atomic E-state index is 0.223. The highest BCUT2D eigenvalue weighted by Gasteiger charge is 2.42. The summed E-state index contributed by atoms with van der Waals surface area (Å²) in [5.74, 6) is 0.336. The summed E-state index contributed by atoms with van der Waals surface area (Å²) in [4.78, 5) is 13.9. The number of thioether (sulfide) groups is 1. The molecule has 3 rings (SSSR count). The van der Waals surface area contributed by atoms with E-state index < -0.39 is 8.32 Å². The van der Waals surface area contributed by atoms with Crippen molar-refractivity contribution in [1.29, 1.82) is 0 Å². The molecule has 6 heteroatoms. The maximum atomic E-state index is 6.79. The topological polar surface area (TPSA) is 47.9 Å². The number of fused-ring (bicyclic) bond motifs is 1. The molecule has 25 heavy (non-hydrogen) atoms. The van der Waals surface area contributed by atoms with E-state index in [0.717, 1.165) is 34.6 Å². The zero-order valence-electron chi connectivity index (χ0n) is 16.2. The van der Waals surface area contributed by atoms with E-state index in [-0.39, 0.29) is 11.1 Å². The minimum atomic E-state index is -1.79. The maximum absolute atomic E-state index is 6.79. The molecule has 0 bridgehead atoms. The van der Waals surface area contributed by atoms with Crippen LogP contribution in [0.4, 0.5) is 0 Å². The van der Waals surface area contributed by atoms with E-state index in [2.05, 4.69) is 38.8 Å². The van der Waals surface area contributed by atoms with Crippen LogP contribution in [0.25, 0.3) is 10.9 Å². The molecule has 2 unspecified atom stereocenters. The molecule has 1 fully saturated rings. The molecule has 0 saturated heterocycles. The third kappa shape index (κ3) is 3.76. The first-order valence-corrected chi connectivity index (χ1v) is 13.2. The van der Waals surface area contributed by atoms with Gasteiger partial charge < -0.3 is 4.43 Å². The second-order valence-corrected chi connectivity index (χ2v) is 14.0. The van der Waals surface area contributed by atoms with Gasteiger partial charge in [-0.25, -0.2) is 9.97 Å². The SMILES string of the molecule is CSc1ncc2ccnc(C3CCCC3O[Si](C)(C)C(C)(C)C)c2n1. The standard InChI is InChI=1S/C19H29N3OSSi/c1-19(2,3)25(5,6)23-15-9-7-8-14(15)17-16-13(10-11-20-17)12-21-18(22-16)24-4/h10-12,14-15H,7-9H2,1-6H3. The smallest absolute Gasteiger partial charge is 0.192 e. The Morgan fingerprint density at radius 3 is 2.64 bits per heavy atom. The van der Waals surface area contributed by atoms with Gasteiger partial charge in [-0.1, -0.05) is 39.0 Å². The second kappa shape index (κ2) is 6.97. The molecule has 0 N–H and O–H groups in total. The molecule has 1 aliphatic rings. The van der Waals surface area contributed by atoms with Crippen LogP contribution in [0.3, 0.4) is 0 Å². The van der Waals surface area contributed by atoms with Gasteiger partial charge in [0, 0.05) is 23.7 Å². The lowest BCUT2D eigenvalue weighted by Crippen LogP contribution is -2.44. The normalized spacial score (nSPS) is 21.8. The highest BCUT2D eigenvalue weighted by molar-refractivity contribution is 7.98. The number of aromatic nitrogens is 3. The number of hydrogen-bond donors (Lipinski definition) is 0. The number of nitrogens with zero attached hydrogens (tertiary/aromatic N) is 3. The fourth-order valence-electron chi connectivity index (χ4n) is 3.27. The first-order valence-electron chi connectivity index (χ1n) is 9.06. The van der Waals surface area contributed by atoms with Crippen molar-refractivity contribution in [3.05, 3.63) is 24.2 Å². The Morgan fingerprint density at radius 1 is 1.20 bits per heavy atom. The predicted molar refractivity (Wildman–Crippen MR) is 108 cm³/mol. The van der Waals surface area contributed by atoms with E-state index >= 15 is 0 Å². The molecule has 0 radical (unpaired) electrons. The van der Waals surface area contributed by atoms with Crippen molar-refractivity contribution >= 4 is 31.0 Å². The van der Waals surface area contributed by atoms with Crippen LogP contribution in [0.5, 0.6) is 0 Å². The maximum Gasteiger partial charge on any atom is 0.192 e. The summed E-state index contributed by atoms with van der Waals surface area (Å²) >= 11 is 1.57. The van der Waals surface area contributed by atoms with Gasteiger partial charge in [0.25, 0.3) is 0 Å². The lowest BCUT2D eigenvalue weighted by molar-refractivity contribution is 0.169. The van der Waals surface area contributed by atoms with Gasteiger partial charge in [-0.05, 0) is 43.3 Å². The van der Waals surface area contributed by atoms with Gasteiger partial charge in [0.1, 0.15) is 0 Å². The first-order chi connectivity index (χ1) is 11.7. The van der Waals surface area contributed by atoms with Gasteiger partial charge in [-0.3, -0.25) is 4.98 Å². The van der Waals surface area contributed by atoms with E-state index in [4.69, 9.17) is 14.4 Å². The predicted octanol–water partition coefficient (Wildman–Crippen LogP) is 5.40. The lowest BCUT2D eigenvalue weighted by atomic mass is 9.99. The van der Waals surface area contributed by atoms with Gasteiger partial charge in [0.2, 0.25) is 0 Å². The molecule has 0 aromatic carbocycles. The monoisotopic (exact) mass is 375 g/mol. The summed E-state index contributed by atoms with van der Waals surface area (Å²) in [6.07, 6.45) is 9.52. The summed E-state index contributed by atoms with van der Waals surface area (Å²) < 4.78 is 6.79.